The molecule has 0 aliphatic heterocycles. The summed E-state index contributed by atoms with van der Waals surface area (Å²) in [6, 6.07) is 24.8. The number of hydrogen-bond acceptors (Lipinski definition) is 5. The minimum Gasteiger partial charge on any atom is -0.390 e. The number of benzene rings is 3. The van der Waals surface area contributed by atoms with Gasteiger partial charge in [0.2, 0.25) is 10.0 Å². The third kappa shape index (κ3) is 6.69. The van der Waals surface area contributed by atoms with Crippen molar-refractivity contribution in [2.75, 3.05) is 17.1 Å². The van der Waals surface area contributed by atoms with Crippen molar-refractivity contribution in [2.45, 2.75) is 37.5 Å². The van der Waals surface area contributed by atoms with Gasteiger partial charge in [0.1, 0.15) is 0 Å². The average molecular weight is 494 g/mol. The highest BCUT2D eigenvalue weighted by Crippen LogP contribution is 2.31. The number of hydrogen-bond donors (Lipinski definition) is 3. The third-order valence-electron chi connectivity index (χ3n) is 5.96. The lowest BCUT2D eigenvalue weighted by Gasteiger charge is -2.27. The number of carbonyl (C=O) groups excluding carboxylic acids is 1. The molecule has 3 N–H and O–H groups in total. The van der Waals surface area contributed by atoms with Crippen LogP contribution in [0, 0.1) is 0 Å². The van der Waals surface area contributed by atoms with E-state index in [4.69, 9.17) is 0 Å². The zero-order chi connectivity index (χ0) is 24.8. The first-order valence-electron chi connectivity index (χ1n) is 11.7. The van der Waals surface area contributed by atoms with Gasteiger partial charge in [-0.15, -0.1) is 0 Å². The van der Waals surface area contributed by atoms with Gasteiger partial charge in [0.15, 0.2) is 0 Å². The van der Waals surface area contributed by atoms with Crippen LogP contribution in [0.3, 0.4) is 0 Å². The van der Waals surface area contributed by atoms with Gasteiger partial charge in [-0.05, 0) is 49.1 Å². The van der Waals surface area contributed by atoms with Crippen LogP contribution in [0.4, 0.5) is 11.4 Å². The fourth-order valence-corrected chi connectivity index (χ4v) is 5.05. The molecule has 184 valence electrons. The second-order valence-electron chi connectivity index (χ2n) is 8.90. The molecule has 3 aromatic carbocycles. The summed E-state index contributed by atoms with van der Waals surface area (Å²) < 4.78 is 26.7. The van der Waals surface area contributed by atoms with E-state index >= 15 is 0 Å². The molecule has 1 saturated carbocycles. The van der Waals surface area contributed by atoms with Crippen molar-refractivity contribution >= 4 is 27.3 Å². The number of aliphatic hydroxyl groups excluding tert-OH is 1. The molecule has 1 fully saturated rings. The molecular weight excluding hydrogens is 462 g/mol. The van der Waals surface area contributed by atoms with Gasteiger partial charge in [0.05, 0.1) is 35.3 Å². The highest BCUT2D eigenvalue weighted by atomic mass is 32.2. The van der Waals surface area contributed by atoms with E-state index < -0.39 is 28.1 Å². The van der Waals surface area contributed by atoms with Gasteiger partial charge in [0.25, 0.3) is 5.91 Å². The lowest BCUT2D eigenvalue weighted by atomic mass is 10.00. The van der Waals surface area contributed by atoms with Crippen LogP contribution in [0.15, 0.2) is 84.9 Å². The van der Waals surface area contributed by atoms with Crippen LogP contribution >= 0.6 is 0 Å². The summed E-state index contributed by atoms with van der Waals surface area (Å²) in [6.45, 7) is 0.365. The quantitative estimate of drug-likeness (QED) is 0.381. The van der Waals surface area contributed by atoms with Crippen LogP contribution in [-0.4, -0.2) is 50.4 Å². The second kappa shape index (κ2) is 11.0. The number of amides is 1. The molecule has 3 aromatic rings. The minimum absolute atomic E-state index is 0.210. The van der Waals surface area contributed by atoms with E-state index in [9.17, 15) is 18.3 Å². The topological polar surface area (TPSA) is 98.7 Å². The number of nitrogens with one attached hydrogen (secondary N) is 2. The highest BCUT2D eigenvalue weighted by Gasteiger charge is 2.29. The number of rotatable bonds is 11. The van der Waals surface area contributed by atoms with E-state index in [1.54, 1.807) is 54.6 Å². The van der Waals surface area contributed by atoms with Crippen molar-refractivity contribution in [2.24, 2.45) is 0 Å². The Morgan fingerprint density at radius 2 is 1.57 bits per heavy atom. The Balaban J connectivity index is 1.62. The molecular formula is C27H31N3O4S. The summed E-state index contributed by atoms with van der Waals surface area (Å²) in [7, 11) is -3.74. The molecule has 2 atom stereocenters. The predicted molar refractivity (Wildman–Crippen MR) is 138 cm³/mol. The Hall–Kier alpha value is -3.20. The molecule has 0 unspecified atom stereocenters. The van der Waals surface area contributed by atoms with Crippen LogP contribution in [0.1, 0.15) is 28.8 Å². The van der Waals surface area contributed by atoms with Gasteiger partial charge in [-0.1, -0.05) is 60.7 Å². The number of anilines is 2. The number of aliphatic hydroxyl groups is 1. The van der Waals surface area contributed by atoms with Crippen molar-refractivity contribution < 1.29 is 18.3 Å². The van der Waals surface area contributed by atoms with Gasteiger partial charge in [-0.25, -0.2) is 12.7 Å². The normalized spacial score (nSPS) is 15.3. The smallest absolute Gasteiger partial charge is 0.253 e. The first-order valence-corrected chi connectivity index (χ1v) is 13.6. The number of para-hydroxylation sites is 2. The Kier molecular flexibility index (Phi) is 7.85. The zero-order valence-corrected chi connectivity index (χ0v) is 20.5. The maximum atomic E-state index is 13.5. The van der Waals surface area contributed by atoms with Crippen LogP contribution in [0.2, 0.25) is 0 Å². The van der Waals surface area contributed by atoms with E-state index in [1.165, 1.54) is 4.31 Å². The lowest BCUT2D eigenvalue weighted by Crippen LogP contribution is -2.49. The van der Waals surface area contributed by atoms with Crippen LogP contribution in [-0.2, 0) is 16.4 Å². The maximum absolute atomic E-state index is 13.5. The molecule has 1 amide bonds. The fourth-order valence-electron chi connectivity index (χ4n) is 4.03. The van der Waals surface area contributed by atoms with E-state index in [-0.39, 0.29) is 11.3 Å². The Morgan fingerprint density at radius 1 is 0.971 bits per heavy atom. The molecule has 0 bridgehead atoms. The average Bonchev–Trinajstić information content (AvgIpc) is 3.68. The molecule has 8 heteroatoms. The molecule has 1 aliphatic rings. The van der Waals surface area contributed by atoms with E-state index in [0.717, 1.165) is 24.7 Å². The van der Waals surface area contributed by atoms with Crippen molar-refractivity contribution in [1.82, 2.24) is 10.6 Å². The molecule has 0 heterocycles. The van der Waals surface area contributed by atoms with Gasteiger partial charge in [-0.2, -0.15) is 0 Å². The summed E-state index contributed by atoms with van der Waals surface area (Å²) in [5.41, 5.74) is 1.88. The number of sulfonamides is 1. The fraction of sp³-hybridized carbons (Fsp3) is 0.296. The molecule has 0 radical (unpaired) electrons. The summed E-state index contributed by atoms with van der Waals surface area (Å²) in [5, 5.41) is 17.2. The summed E-state index contributed by atoms with van der Waals surface area (Å²) >= 11 is 0. The van der Waals surface area contributed by atoms with E-state index in [0.29, 0.717) is 24.7 Å². The maximum Gasteiger partial charge on any atom is 0.253 e. The largest absolute Gasteiger partial charge is 0.390 e. The standard InChI is InChI=1S/C27H31N3O4S/c1-35(33,34)30(22-12-6-3-7-13-22)25-15-9-8-14-23(25)27(32)29-24(18-20-10-4-2-5-11-20)26(31)19-28-21-16-17-21/h2-15,21,24,26,28,31H,16-19H2,1H3,(H,29,32)/t24-,26+/m0/s1. The van der Waals surface area contributed by atoms with Crippen molar-refractivity contribution in [3.8, 4) is 0 Å². The Bertz CT molecular complexity index is 1230. The highest BCUT2D eigenvalue weighted by molar-refractivity contribution is 7.92. The summed E-state index contributed by atoms with van der Waals surface area (Å²) in [5.74, 6) is -0.448. The van der Waals surface area contributed by atoms with E-state index in [1.807, 2.05) is 30.3 Å². The molecule has 4 rings (SSSR count). The predicted octanol–water partition coefficient (Wildman–Crippen LogP) is 3.24. The van der Waals surface area contributed by atoms with Gasteiger partial charge in [0, 0.05) is 12.6 Å². The molecule has 35 heavy (non-hydrogen) atoms. The van der Waals surface area contributed by atoms with Crippen molar-refractivity contribution in [1.29, 1.82) is 0 Å². The lowest BCUT2D eigenvalue weighted by molar-refractivity contribution is 0.0830. The Labute approximate surface area is 206 Å². The molecule has 0 saturated heterocycles. The third-order valence-corrected chi connectivity index (χ3v) is 7.03. The van der Waals surface area contributed by atoms with Gasteiger partial charge >= 0.3 is 0 Å². The molecule has 1 aliphatic carbocycles. The SMILES string of the molecule is CS(=O)(=O)N(c1ccccc1)c1ccccc1C(=O)N[C@@H](Cc1ccccc1)[C@H](O)CNC1CC1. The van der Waals surface area contributed by atoms with Gasteiger partial charge < -0.3 is 15.7 Å². The number of nitrogens with zero attached hydrogens (tertiary/aromatic N) is 1. The van der Waals surface area contributed by atoms with Crippen molar-refractivity contribution in [3.05, 3.63) is 96.1 Å². The van der Waals surface area contributed by atoms with Crippen LogP contribution in [0.5, 0.6) is 0 Å². The summed E-state index contributed by atoms with van der Waals surface area (Å²) in [6.07, 6.45) is 2.93. The molecule has 0 aromatic heterocycles. The Morgan fingerprint density at radius 3 is 2.20 bits per heavy atom. The van der Waals surface area contributed by atoms with Crippen LogP contribution in [0.25, 0.3) is 0 Å². The monoisotopic (exact) mass is 493 g/mol. The minimum atomic E-state index is -3.74. The first kappa shape index (κ1) is 24.9. The van der Waals surface area contributed by atoms with E-state index in [2.05, 4.69) is 10.6 Å². The molecule has 0 spiro atoms. The number of carbonyl (C=O) groups is 1. The first-order chi connectivity index (χ1) is 16.8. The summed E-state index contributed by atoms with van der Waals surface area (Å²) in [4.78, 5) is 13.5. The second-order valence-corrected chi connectivity index (χ2v) is 10.7. The zero-order valence-electron chi connectivity index (χ0n) is 19.7. The van der Waals surface area contributed by atoms with Crippen LogP contribution < -0.4 is 14.9 Å². The van der Waals surface area contributed by atoms with Gasteiger partial charge in [-0.3, -0.25) is 4.79 Å². The van der Waals surface area contributed by atoms with Crippen molar-refractivity contribution in [3.63, 3.8) is 0 Å². The molecule has 7 nitrogen and oxygen atoms in total.